The maximum absolute atomic E-state index is 5.57. The molecule has 0 aliphatic carbocycles. The molecule has 0 aliphatic heterocycles. The second-order valence-corrected chi connectivity index (χ2v) is 3.35. The van der Waals surface area contributed by atoms with Gasteiger partial charge in [-0.25, -0.2) is 0 Å². The van der Waals surface area contributed by atoms with Gasteiger partial charge in [0.05, 0.1) is 0 Å². The lowest BCUT2D eigenvalue weighted by Gasteiger charge is -2.07. The predicted octanol–water partition coefficient (Wildman–Crippen LogP) is 4.29. The molecule has 2 heteroatoms. The second-order valence-electron chi connectivity index (χ2n) is 3.35. The number of benzene rings is 1. The van der Waals surface area contributed by atoms with Crippen LogP contribution in [0.15, 0.2) is 24.3 Å². The zero-order chi connectivity index (χ0) is 14.2. The summed E-state index contributed by atoms with van der Waals surface area (Å²) in [6.07, 6.45) is 2.31. The van der Waals surface area contributed by atoms with Crippen molar-refractivity contribution in [3.63, 3.8) is 0 Å². The van der Waals surface area contributed by atoms with Gasteiger partial charge in [-0.15, -0.1) is 0 Å². The van der Waals surface area contributed by atoms with Crippen LogP contribution >= 0.6 is 0 Å². The van der Waals surface area contributed by atoms with E-state index >= 15 is 0 Å². The second kappa shape index (κ2) is 16.0. The lowest BCUT2D eigenvalue weighted by atomic mass is 10.1. The molecule has 0 aromatic heterocycles. The zero-order valence-corrected chi connectivity index (χ0v) is 13.0. The van der Waals surface area contributed by atoms with Crippen LogP contribution in [0.4, 0.5) is 0 Å². The molecule has 1 N–H and O–H groups in total. The fourth-order valence-electron chi connectivity index (χ4n) is 1.35. The molecule has 0 atom stereocenters. The Balaban J connectivity index is 0. The summed E-state index contributed by atoms with van der Waals surface area (Å²) in [6, 6.07) is 8.34. The Morgan fingerprint density at radius 1 is 1.11 bits per heavy atom. The summed E-state index contributed by atoms with van der Waals surface area (Å²) in [4.78, 5) is 0. The molecule has 106 valence electrons. The third kappa shape index (κ3) is 10.2. The summed E-state index contributed by atoms with van der Waals surface area (Å²) in [7, 11) is 1.93. The first-order valence-electron chi connectivity index (χ1n) is 7.23. The highest BCUT2D eigenvalue weighted by atomic mass is 16.5. The van der Waals surface area contributed by atoms with Crippen molar-refractivity contribution in [3.05, 3.63) is 29.8 Å². The van der Waals surface area contributed by atoms with Crippen LogP contribution in [-0.4, -0.2) is 20.2 Å². The maximum atomic E-state index is 5.57. The molecule has 1 rings (SSSR count). The molecule has 1 aromatic rings. The molecule has 0 amide bonds. The van der Waals surface area contributed by atoms with E-state index in [0.29, 0.717) is 0 Å². The van der Waals surface area contributed by atoms with Crippen molar-refractivity contribution in [1.29, 1.82) is 0 Å². The number of ether oxygens (including phenoxy) is 1. The van der Waals surface area contributed by atoms with Crippen LogP contribution in [0.1, 0.15) is 46.6 Å². The largest absolute Gasteiger partial charge is 0.492 e. The topological polar surface area (TPSA) is 21.3 Å². The maximum Gasteiger partial charge on any atom is 0.119 e. The third-order valence-electron chi connectivity index (χ3n) is 2.06. The van der Waals surface area contributed by atoms with Crippen molar-refractivity contribution in [2.45, 2.75) is 47.5 Å². The molecule has 0 fully saturated rings. The van der Waals surface area contributed by atoms with Crippen molar-refractivity contribution < 1.29 is 4.74 Å². The monoisotopic (exact) mass is 253 g/mol. The van der Waals surface area contributed by atoms with Crippen LogP contribution < -0.4 is 10.1 Å². The van der Waals surface area contributed by atoms with Gasteiger partial charge in [0.2, 0.25) is 0 Å². The van der Waals surface area contributed by atoms with Gasteiger partial charge in [0.25, 0.3) is 0 Å². The van der Waals surface area contributed by atoms with E-state index in [-0.39, 0.29) is 0 Å². The number of hydrogen-bond acceptors (Lipinski definition) is 2. The molecule has 0 spiro atoms. The number of aryl methyl sites for hydroxylation is 1. The molecule has 0 aliphatic rings. The predicted molar refractivity (Wildman–Crippen MR) is 82.6 cm³/mol. The van der Waals surface area contributed by atoms with Crippen LogP contribution in [0.2, 0.25) is 0 Å². The molecule has 0 radical (unpaired) electrons. The van der Waals surface area contributed by atoms with E-state index in [0.717, 1.165) is 25.3 Å². The minimum absolute atomic E-state index is 0.728. The van der Waals surface area contributed by atoms with Crippen LogP contribution in [0.25, 0.3) is 0 Å². The molecule has 0 heterocycles. The molecular weight excluding hydrogens is 222 g/mol. The van der Waals surface area contributed by atoms with E-state index in [2.05, 4.69) is 30.4 Å². The lowest BCUT2D eigenvalue weighted by Crippen LogP contribution is -2.15. The van der Waals surface area contributed by atoms with Gasteiger partial charge in [-0.3, -0.25) is 0 Å². The molecule has 0 saturated heterocycles. The minimum atomic E-state index is 0.728. The summed E-state index contributed by atoms with van der Waals surface area (Å²) < 4.78 is 5.57. The highest BCUT2D eigenvalue weighted by Crippen LogP contribution is 2.14. The Bertz CT molecular complexity index is 261. The smallest absolute Gasteiger partial charge is 0.119 e. The SMILES string of the molecule is CC.CC.CCCc1cccc(OCCNC)c1. The molecule has 0 bridgehead atoms. The van der Waals surface area contributed by atoms with E-state index in [1.165, 1.54) is 12.0 Å². The average Bonchev–Trinajstić information content (AvgIpc) is 2.44. The number of rotatable bonds is 6. The number of nitrogens with one attached hydrogen (secondary N) is 1. The fraction of sp³-hybridized carbons (Fsp3) is 0.625. The fourth-order valence-corrected chi connectivity index (χ4v) is 1.35. The minimum Gasteiger partial charge on any atom is -0.492 e. The van der Waals surface area contributed by atoms with E-state index in [4.69, 9.17) is 4.74 Å². The summed E-state index contributed by atoms with van der Waals surface area (Å²) in [5.74, 6) is 0.978. The van der Waals surface area contributed by atoms with Crippen molar-refractivity contribution >= 4 is 0 Å². The summed E-state index contributed by atoms with van der Waals surface area (Å²) >= 11 is 0. The number of hydrogen-bond donors (Lipinski definition) is 1. The molecule has 1 aromatic carbocycles. The highest BCUT2D eigenvalue weighted by molar-refractivity contribution is 5.28. The van der Waals surface area contributed by atoms with Gasteiger partial charge in [-0.1, -0.05) is 53.2 Å². The molecule has 2 nitrogen and oxygen atoms in total. The van der Waals surface area contributed by atoms with E-state index in [1.54, 1.807) is 0 Å². The summed E-state index contributed by atoms with van der Waals surface area (Å²) in [6.45, 7) is 11.8. The van der Waals surface area contributed by atoms with Gasteiger partial charge in [0.1, 0.15) is 12.4 Å². The lowest BCUT2D eigenvalue weighted by molar-refractivity contribution is 0.318. The van der Waals surface area contributed by atoms with Crippen LogP contribution in [0.3, 0.4) is 0 Å². The first-order chi connectivity index (χ1) is 8.86. The van der Waals surface area contributed by atoms with Gasteiger partial charge in [0, 0.05) is 6.54 Å². The van der Waals surface area contributed by atoms with Crippen LogP contribution in [0, 0.1) is 0 Å². The Labute approximate surface area is 114 Å². The van der Waals surface area contributed by atoms with Crippen molar-refractivity contribution in [3.8, 4) is 5.75 Å². The summed E-state index contributed by atoms with van der Waals surface area (Å²) in [5.41, 5.74) is 1.36. The quantitative estimate of drug-likeness (QED) is 0.764. The van der Waals surface area contributed by atoms with Crippen molar-refractivity contribution in [2.24, 2.45) is 0 Å². The highest BCUT2D eigenvalue weighted by Gasteiger charge is 1.95. The molecule has 18 heavy (non-hydrogen) atoms. The Morgan fingerprint density at radius 3 is 2.33 bits per heavy atom. The Morgan fingerprint density at radius 2 is 1.78 bits per heavy atom. The van der Waals surface area contributed by atoms with E-state index in [9.17, 15) is 0 Å². The van der Waals surface area contributed by atoms with Crippen LogP contribution in [0.5, 0.6) is 5.75 Å². The van der Waals surface area contributed by atoms with Crippen molar-refractivity contribution in [1.82, 2.24) is 5.32 Å². The van der Waals surface area contributed by atoms with Gasteiger partial charge in [-0.2, -0.15) is 0 Å². The van der Waals surface area contributed by atoms with Gasteiger partial charge in [-0.05, 0) is 31.2 Å². The van der Waals surface area contributed by atoms with Crippen LogP contribution in [-0.2, 0) is 6.42 Å². The summed E-state index contributed by atoms with van der Waals surface area (Å²) in [5, 5.41) is 3.05. The molecule has 0 unspecified atom stereocenters. The van der Waals surface area contributed by atoms with E-state index in [1.807, 2.05) is 40.8 Å². The Kier molecular flexibility index (Phi) is 17.2. The van der Waals surface area contributed by atoms with E-state index < -0.39 is 0 Å². The zero-order valence-electron chi connectivity index (χ0n) is 13.0. The third-order valence-corrected chi connectivity index (χ3v) is 2.06. The normalized spacial score (nSPS) is 8.56. The first-order valence-corrected chi connectivity index (χ1v) is 7.23. The van der Waals surface area contributed by atoms with Gasteiger partial charge >= 0.3 is 0 Å². The first kappa shape index (κ1) is 19.3. The molecular formula is C16H31NO. The van der Waals surface area contributed by atoms with Gasteiger partial charge in [0.15, 0.2) is 0 Å². The standard InChI is InChI=1S/C12H19NO.2C2H6/c1-3-5-11-6-4-7-12(10-11)14-9-8-13-2;2*1-2/h4,6-7,10,13H,3,5,8-9H2,1-2H3;2*1-2H3. The Hall–Kier alpha value is -1.02. The average molecular weight is 253 g/mol. The molecule has 0 saturated carbocycles. The number of likely N-dealkylation sites (N-methyl/N-ethyl adjacent to an activating group) is 1. The van der Waals surface area contributed by atoms with Gasteiger partial charge < -0.3 is 10.1 Å². The van der Waals surface area contributed by atoms with Crippen molar-refractivity contribution in [2.75, 3.05) is 20.2 Å².